The Kier molecular flexibility index (Phi) is 3.86. The standard InChI is InChI=1S/C17H21N3O/c1-11-5-7-14(8-6-11)20-17(21)15-10-13-4-3-9-18-16(13)19-12(15)2/h3-4,9-11,14H,5-8H2,1-2H3,(H,20,21)/t11-,14-. The lowest BCUT2D eigenvalue weighted by molar-refractivity contribution is 0.0922. The van der Waals surface area contributed by atoms with Crippen LogP contribution in [0.25, 0.3) is 11.0 Å². The highest BCUT2D eigenvalue weighted by molar-refractivity contribution is 5.98. The summed E-state index contributed by atoms with van der Waals surface area (Å²) in [6, 6.07) is 6.00. The number of rotatable bonds is 2. The van der Waals surface area contributed by atoms with Crippen LogP contribution in [-0.4, -0.2) is 21.9 Å². The zero-order valence-electron chi connectivity index (χ0n) is 12.6. The molecule has 4 heteroatoms. The second-order valence-electron chi connectivity index (χ2n) is 6.10. The van der Waals surface area contributed by atoms with Crippen molar-refractivity contribution in [2.24, 2.45) is 5.92 Å². The molecular formula is C17H21N3O. The molecule has 0 saturated heterocycles. The Morgan fingerprint density at radius 1 is 1.29 bits per heavy atom. The molecule has 1 aliphatic carbocycles. The fraction of sp³-hybridized carbons (Fsp3) is 0.471. The summed E-state index contributed by atoms with van der Waals surface area (Å²) in [5, 5.41) is 4.07. The molecule has 1 saturated carbocycles. The predicted octanol–water partition coefficient (Wildman–Crippen LogP) is 3.25. The molecule has 0 spiro atoms. The number of amides is 1. The van der Waals surface area contributed by atoms with E-state index in [1.165, 1.54) is 12.8 Å². The van der Waals surface area contributed by atoms with E-state index in [1.807, 2.05) is 25.1 Å². The Balaban J connectivity index is 1.79. The SMILES string of the molecule is Cc1nc2ncccc2cc1C(=O)N[C@H]1CC[C@H](C)CC1. The molecule has 0 atom stereocenters. The quantitative estimate of drug-likeness (QED) is 0.920. The molecule has 0 radical (unpaired) electrons. The molecule has 2 aromatic rings. The molecule has 1 fully saturated rings. The lowest BCUT2D eigenvalue weighted by atomic mass is 9.87. The van der Waals surface area contributed by atoms with Crippen molar-refractivity contribution in [1.29, 1.82) is 0 Å². The number of hydrogen-bond donors (Lipinski definition) is 1. The lowest BCUT2D eigenvalue weighted by Crippen LogP contribution is -2.37. The van der Waals surface area contributed by atoms with Gasteiger partial charge in [0.05, 0.1) is 11.3 Å². The number of hydrogen-bond acceptors (Lipinski definition) is 3. The molecule has 2 heterocycles. The zero-order valence-corrected chi connectivity index (χ0v) is 12.6. The first-order valence-electron chi connectivity index (χ1n) is 7.66. The van der Waals surface area contributed by atoms with Crippen molar-refractivity contribution in [2.45, 2.75) is 45.6 Å². The van der Waals surface area contributed by atoms with Crippen molar-refractivity contribution in [3.8, 4) is 0 Å². The molecule has 1 N–H and O–H groups in total. The first-order valence-corrected chi connectivity index (χ1v) is 7.66. The molecule has 4 nitrogen and oxygen atoms in total. The third kappa shape index (κ3) is 3.04. The van der Waals surface area contributed by atoms with Gasteiger partial charge in [-0.3, -0.25) is 4.79 Å². The highest BCUT2D eigenvalue weighted by Crippen LogP contribution is 2.24. The first-order chi connectivity index (χ1) is 10.1. The molecule has 1 amide bonds. The number of aryl methyl sites for hydroxylation is 1. The summed E-state index contributed by atoms with van der Waals surface area (Å²) in [6.07, 6.45) is 6.27. The van der Waals surface area contributed by atoms with Gasteiger partial charge in [0.15, 0.2) is 5.65 Å². The topological polar surface area (TPSA) is 54.9 Å². The maximum absolute atomic E-state index is 12.5. The summed E-state index contributed by atoms with van der Waals surface area (Å²) < 4.78 is 0. The van der Waals surface area contributed by atoms with Crippen molar-refractivity contribution in [1.82, 2.24) is 15.3 Å². The van der Waals surface area contributed by atoms with Gasteiger partial charge in [0.2, 0.25) is 0 Å². The predicted molar refractivity (Wildman–Crippen MR) is 83.2 cm³/mol. The van der Waals surface area contributed by atoms with E-state index in [-0.39, 0.29) is 5.91 Å². The van der Waals surface area contributed by atoms with Gasteiger partial charge in [0, 0.05) is 17.6 Å². The summed E-state index contributed by atoms with van der Waals surface area (Å²) in [5.41, 5.74) is 2.09. The number of aromatic nitrogens is 2. The monoisotopic (exact) mass is 283 g/mol. The number of carbonyl (C=O) groups excluding carboxylic acids is 1. The first kappa shape index (κ1) is 14.0. The van der Waals surface area contributed by atoms with Crippen LogP contribution in [0.2, 0.25) is 0 Å². The van der Waals surface area contributed by atoms with Crippen LogP contribution < -0.4 is 5.32 Å². The van der Waals surface area contributed by atoms with Gasteiger partial charge >= 0.3 is 0 Å². The van der Waals surface area contributed by atoms with Gasteiger partial charge in [0.25, 0.3) is 5.91 Å². The van der Waals surface area contributed by atoms with Gasteiger partial charge < -0.3 is 5.32 Å². The van der Waals surface area contributed by atoms with Crippen LogP contribution in [0.5, 0.6) is 0 Å². The molecule has 110 valence electrons. The van der Waals surface area contributed by atoms with E-state index in [2.05, 4.69) is 22.2 Å². The van der Waals surface area contributed by atoms with E-state index in [0.29, 0.717) is 17.3 Å². The minimum absolute atomic E-state index is 0.00898. The fourth-order valence-corrected chi connectivity index (χ4v) is 2.99. The number of fused-ring (bicyclic) bond motifs is 1. The smallest absolute Gasteiger partial charge is 0.253 e. The van der Waals surface area contributed by atoms with Gasteiger partial charge in [-0.2, -0.15) is 0 Å². The minimum atomic E-state index is -0.00898. The molecule has 0 bridgehead atoms. The van der Waals surface area contributed by atoms with E-state index in [1.54, 1.807) is 6.20 Å². The van der Waals surface area contributed by atoms with E-state index >= 15 is 0 Å². The Labute approximate surface area is 125 Å². The minimum Gasteiger partial charge on any atom is -0.349 e. The molecule has 2 aromatic heterocycles. The van der Waals surface area contributed by atoms with Gasteiger partial charge in [-0.1, -0.05) is 6.92 Å². The van der Waals surface area contributed by atoms with Gasteiger partial charge in [-0.15, -0.1) is 0 Å². The lowest BCUT2D eigenvalue weighted by Gasteiger charge is -2.27. The van der Waals surface area contributed by atoms with Gasteiger partial charge in [0.1, 0.15) is 0 Å². The molecule has 0 unspecified atom stereocenters. The molecule has 0 aromatic carbocycles. The normalized spacial score (nSPS) is 22.2. The summed E-state index contributed by atoms with van der Waals surface area (Å²) in [7, 11) is 0. The molecule has 0 aliphatic heterocycles. The highest BCUT2D eigenvalue weighted by Gasteiger charge is 2.21. The number of nitrogens with zero attached hydrogens (tertiary/aromatic N) is 2. The average molecular weight is 283 g/mol. The number of carbonyl (C=O) groups is 1. The van der Waals surface area contributed by atoms with Crippen LogP contribution in [0.4, 0.5) is 0 Å². The van der Waals surface area contributed by atoms with E-state index in [0.717, 1.165) is 29.8 Å². The largest absolute Gasteiger partial charge is 0.349 e. The summed E-state index contributed by atoms with van der Waals surface area (Å²) in [6.45, 7) is 4.15. The Morgan fingerprint density at radius 3 is 2.81 bits per heavy atom. The fourth-order valence-electron chi connectivity index (χ4n) is 2.99. The van der Waals surface area contributed by atoms with Crippen LogP contribution >= 0.6 is 0 Å². The molecular weight excluding hydrogens is 262 g/mol. The van der Waals surface area contributed by atoms with Crippen molar-refractivity contribution in [2.75, 3.05) is 0 Å². The highest BCUT2D eigenvalue weighted by atomic mass is 16.1. The van der Waals surface area contributed by atoms with E-state index in [4.69, 9.17) is 0 Å². The second kappa shape index (κ2) is 5.80. The second-order valence-corrected chi connectivity index (χ2v) is 6.10. The number of nitrogens with one attached hydrogen (secondary N) is 1. The number of pyridine rings is 2. The summed E-state index contributed by atoms with van der Waals surface area (Å²) in [5.74, 6) is 0.776. The third-order valence-electron chi connectivity index (χ3n) is 4.38. The zero-order chi connectivity index (χ0) is 14.8. The third-order valence-corrected chi connectivity index (χ3v) is 4.38. The van der Waals surface area contributed by atoms with Gasteiger partial charge in [-0.05, 0) is 56.7 Å². The van der Waals surface area contributed by atoms with Crippen molar-refractivity contribution in [3.05, 3.63) is 35.7 Å². The van der Waals surface area contributed by atoms with Crippen LogP contribution in [-0.2, 0) is 0 Å². The molecule has 3 rings (SSSR count). The summed E-state index contributed by atoms with van der Waals surface area (Å²) in [4.78, 5) is 21.1. The Hall–Kier alpha value is -1.97. The van der Waals surface area contributed by atoms with Crippen LogP contribution in [0, 0.1) is 12.8 Å². The van der Waals surface area contributed by atoms with Crippen LogP contribution in [0.3, 0.4) is 0 Å². The molecule has 21 heavy (non-hydrogen) atoms. The average Bonchev–Trinajstić information content (AvgIpc) is 2.49. The van der Waals surface area contributed by atoms with Crippen molar-refractivity contribution >= 4 is 16.9 Å². The van der Waals surface area contributed by atoms with Gasteiger partial charge in [-0.25, -0.2) is 9.97 Å². The van der Waals surface area contributed by atoms with Crippen molar-refractivity contribution < 1.29 is 4.79 Å². The van der Waals surface area contributed by atoms with Crippen molar-refractivity contribution in [3.63, 3.8) is 0 Å². The molecule has 1 aliphatic rings. The maximum Gasteiger partial charge on any atom is 0.253 e. The Morgan fingerprint density at radius 2 is 2.05 bits per heavy atom. The van der Waals surface area contributed by atoms with Crippen LogP contribution in [0.1, 0.15) is 48.7 Å². The summed E-state index contributed by atoms with van der Waals surface area (Å²) >= 11 is 0. The Bertz CT molecular complexity index is 660. The van der Waals surface area contributed by atoms with Crippen LogP contribution in [0.15, 0.2) is 24.4 Å². The van der Waals surface area contributed by atoms with E-state index < -0.39 is 0 Å². The maximum atomic E-state index is 12.5. The van der Waals surface area contributed by atoms with E-state index in [9.17, 15) is 4.79 Å².